The summed E-state index contributed by atoms with van der Waals surface area (Å²) in [4.78, 5) is 42.5. The molecule has 2 aromatic carbocycles. The number of hydrogen-bond donors (Lipinski definition) is 0. The Morgan fingerprint density at radius 2 is 1.52 bits per heavy atom. The van der Waals surface area contributed by atoms with Crippen molar-refractivity contribution in [3.8, 4) is 5.75 Å². The monoisotopic (exact) mass is 392 g/mol. The highest BCUT2D eigenvalue weighted by atomic mass is 16.5. The molecule has 0 aromatic heterocycles. The molecule has 29 heavy (non-hydrogen) atoms. The number of carbonyl (C=O) groups excluding carboxylic acids is 3. The van der Waals surface area contributed by atoms with Crippen LogP contribution in [-0.2, 0) is 27.5 Å². The fraction of sp³-hybridized carbons (Fsp3) is 0.348. The number of nitrogens with zero attached hydrogens (tertiary/aromatic N) is 2. The number of hydrogen-bond acceptors (Lipinski definition) is 4. The number of fused-ring (bicyclic) bond motifs is 5. The van der Waals surface area contributed by atoms with E-state index in [-0.39, 0.29) is 24.1 Å². The van der Waals surface area contributed by atoms with Crippen LogP contribution in [-0.4, -0.2) is 46.6 Å². The van der Waals surface area contributed by atoms with Gasteiger partial charge in [-0.15, -0.1) is 0 Å². The van der Waals surface area contributed by atoms with Gasteiger partial charge in [0.25, 0.3) is 5.91 Å². The van der Waals surface area contributed by atoms with Crippen LogP contribution < -0.4 is 4.74 Å². The van der Waals surface area contributed by atoms with E-state index in [1.54, 1.807) is 12.0 Å². The molecule has 0 spiro atoms. The molecule has 0 saturated carbocycles. The largest absolute Gasteiger partial charge is 0.497 e. The standard InChI is InChI=1S/C23H24N2O4/c1-29-18-12-10-17(11-13-18)15-25-21-20(26)9-5-8-19(22(25)27)24(23(21)28)14-16-6-3-2-4-7-16/h2-4,6-7,10-13,19,21H,5,8-9,14-15H2,1H3/t19-,21-/m0/s1. The Bertz CT molecular complexity index is 910. The lowest BCUT2D eigenvalue weighted by molar-refractivity contribution is -0.168. The second-order valence-corrected chi connectivity index (χ2v) is 7.54. The molecule has 3 heterocycles. The number of ether oxygens (including phenoxy) is 1. The van der Waals surface area contributed by atoms with Crippen molar-refractivity contribution in [3.63, 3.8) is 0 Å². The maximum atomic E-state index is 13.3. The van der Waals surface area contributed by atoms with Crippen LogP contribution in [0, 0.1) is 0 Å². The summed E-state index contributed by atoms with van der Waals surface area (Å²) in [6.07, 6.45) is 1.47. The minimum Gasteiger partial charge on any atom is -0.497 e. The average molecular weight is 392 g/mol. The van der Waals surface area contributed by atoms with E-state index in [1.165, 1.54) is 4.90 Å². The molecule has 3 aliphatic rings. The molecule has 3 aliphatic heterocycles. The van der Waals surface area contributed by atoms with Crippen LogP contribution in [0.1, 0.15) is 30.4 Å². The van der Waals surface area contributed by atoms with Crippen molar-refractivity contribution in [1.29, 1.82) is 0 Å². The van der Waals surface area contributed by atoms with Gasteiger partial charge >= 0.3 is 0 Å². The van der Waals surface area contributed by atoms with Gasteiger partial charge in [0.15, 0.2) is 11.8 Å². The predicted octanol–water partition coefficient (Wildman–Crippen LogP) is 2.56. The van der Waals surface area contributed by atoms with Crippen LogP contribution in [0.25, 0.3) is 0 Å². The van der Waals surface area contributed by atoms with E-state index in [9.17, 15) is 14.4 Å². The number of rotatable bonds is 5. The van der Waals surface area contributed by atoms with Crippen molar-refractivity contribution in [3.05, 3.63) is 65.7 Å². The van der Waals surface area contributed by atoms with Gasteiger partial charge in [-0.3, -0.25) is 14.4 Å². The van der Waals surface area contributed by atoms with Crippen LogP contribution in [0.2, 0.25) is 0 Å². The van der Waals surface area contributed by atoms with E-state index in [0.717, 1.165) is 16.9 Å². The zero-order valence-electron chi connectivity index (χ0n) is 16.4. The average Bonchev–Trinajstić information content (AvgIpc) is 2.74. The molecule has 5 rings (SSSR count). The maximum absolute atomic E-state index is 13.3. The maximum Gasteiger partial charge on any atom is 0.254 e. The molecule has 150 valence electrons. The molecule has 3 saturated heterocycles. The van der Waals surface area contributed by atoms with Crippen molar-refractivity contribution in [2.24, 2.45) is 0 Å². The molecule has 3 fully saturated rings. The minimum absolute atomic E-state index is 0.144. The second-order valence-electron chi connectivity index (χ2n) is 7.54. The van der Waals surface area contributed by atoms with E-state index < -0.39 is 12.1 Å². The van der Waals surface area contributed by atoms with E-state index in [4.69, 9.17) is 4.74 Å². The van der Waals surface area contributed by atoms with E-state index >= 15 is 0 Å². The van der Waals surface area contributed by atoms with Crippen LogP contribution in [0.4, 0.5) is 0 Å². The van der Waals surface area contributed by atoms with Crippen molar-refractivity contribution in [2.45, 2.75) is 44.4 Å². The van der Waals surface area contributed by atoms with Gasteiger partial charge < -0.3 is 14.5 Å². The van der Waals surface area contributed by atoms with E-state index in [1.807, 2.05) is 54.6 Å². The molecule has 2 atom stereocenters. The summed E-state index contributed by atoms with van der Waals surface area (Å²) in [7, 11) is 1.59. The molecular formula is C23H24N2O4. The minimum atomic E-state index is -1.04. The molecule has 6 heteroatoms. The number of amides is 2. The Morgan fingerprint density at radius 1 is 0.862 bits per heavy atom. The summed E-state index contributed by atoms with van der Waals surface area (Å²) < 4.78 is 5.18. The van der Waals surface area contributed by atoms with Gasteiger partial charge in [-0.1, -0.05) is 42.5 Å². The normalized spacial score (nSPS) is 21.9. The van der Waals surface area contributed by atoms with Gasteiger partial charge in [0.2, 0.25) is 5.91 Å². The third-order valence-electron chi connectivity index (χ3n) is 5.69. The summed E-state index contributed by atoms with van der Waals surface area (Å²) in [6.45, 7) is 0.580. The lowest BCUT2D eigenvalue weighted by Gasteiger charge is -2.46. The molecule has 0 N–H and O–H groups in total. The van der Waals surface area contributed by atoms with E-state index in [0.29, 0.717) is 25.8 Å². The predicted molar refractivity (Wildman–Crippen MR) is 107 cm³/mol. The summed E-state index contributed by atoms with van der Waals surface area (Å²) in [5.41, 5.74) is 1.81. The van der Waals surface area contributed by atoms with Crippen molar-refractivity contribution >= 4 is 17.6 Å². The molecule has 0 radical (unpaired) electrons. The highest BCUT2D eigenvalue weighted by Crippen LogP contribution is 2.30. The highest BCUT2D eigenvalue weighted by Gasteiger charge is 2.49. The lowest BCUT2D eigenvalue weighted by atomic mass is 9.90. The van der Waals surface area contributed by atoms with Crippen LogP contribution in [0.3, 0.4) is 0 Å². The highest BCUT2D eigenvalue weighted by molar-refractivity contribution is 6.11. The number of carbonyl (C=O) groups is 3. The molecule has 6 nitrogen and oxygen atoms in total. The molecular weight excluding hydrogens is 368 g/mol. The summed E-state index contributed by atoms with van der Waals surface area (Å²) in [5.74, 6) is 0.134. The van der Waals surface area contributed by atoms with Gasteiger partial charge in [0, 0.05) is 19.5 Å². The lowest BCUT2D eigenvalue weighted by Crippen LogP contribution is -2.67. The van der Waals surface area contributed by atoms with Crippen molar-refractivity contribution in [2.75, 3.05) is 7.11 Å². The summed E-state index contributed by atoms with van der Waals surface area (Å²) in [5, 5.41) is 0. The summed E-state index contributed by atoms with van der Waals surface area (Å²) in [6, 6.07) is 15.4. The SMILES string of the molecule is COc1ccc(CN2C(=O)[C@@H]3CCCC(=O)[C@H]2C(=O)N3Cc2ccccc2)cc1. The second kappa shape index (κ2) is 8.07. The van der Waals surface area contributed by atoms with Crippen LogP contribution in [0.15, 0.2) is 54.6 Å². The smallest absolute Gasteiger partial charge is 0.254 e. The molecule has 2 aromatic rings. The fourth-order valence-corrected chi connectivity index (χ4v) is 4.16. The third-order valence-corrected chi connectivity index (χ3v) is 5.69. The van der Waals surface area contributed by atoms with Crippen LogP contribution >= 0.6 is 0 Å². The van der Waals surface area contributed by atoms with Crippen molar-refractivity contribution in [1.82, 2.24) is 9.80 Å². The fourth-order valence-electron chi connectivity index (χ4n) is 4.16. The topological polar surface area (TPSA) is 66.9 Å². The number of methoxy groups -OCH3 is 1. The molecule has 2 amide bonds. The first-order chi connectivity index (χ1) is 14.1. The third kappa shape index (κ3) is 3.75. The van der Waals surface area contributed by atoms with Crippen molar-refractivity contribution < 1.29 is 19.1 Å². The molecule has 0 aliphatic carbocycles. The zero-order valence-corrected chi connectivity index (χ0v) is 16.4. The first-order valence-electron chi connectivity index (χ1n) is 9.89. The number of Topliss-reactive ketones (excluding diaryl/α,β-unsaturated/α-hetero) is 1. The first kappa shape index (κ1) is 19.2. The molecule has 2 bridgehead atoms. The Kier molecular flexibility index (Phi) is 5.34. The van der Waals surface area contributed by atoms with Gasteiger partial charge in [0.1, 0.15) is 11.8 Å². The Balaban J connectivity index is 1.63. The van der Waals surface area contributed by atoms with Gasteiger partial charge in [-0.25, -0.2) is 0 Å². The first-order valence-corrected chi connectivity index (χ1v) is 9.89. The Hall–Kier alpha value is -3.15. The number of piperazine rings is 1. The number of ketones is 1. The van der Waals surface area contributed by atoms with Gasteiger partial charge in [0.05, 0.1) is 7.11 Å². The zero-order chi connectivity index (χ0) is 20.4. The summed E-state index contributed by atoms with van der Waals surface area (Å²) >= 11 is 0. The van der Waals surface area contributed by atoms with E-state index in [2.05, 4.69) is 0 Å². The van der Waals surface area contributed by atoms with Gasteiger partial charge in [-0.2, -0.15) is 0 Å². The van der Waals surface area contributed by atoms with Gasteiger partial charge in [-0.05, 0) is 36.1 Å². The molecule has 0 unspecified atom stereocenters. The van der Waals surface area contributed by atoms with Crippen LogP contribution in [0.5, 0.6) is 5.75 Å². The number of benzene rings is 2. The Labute approximate surface area is 170 Å². The quantitative estimate of drug-likeness (QED) is 0.734. The Morgan fingerprint density at radius 3 is 2.21 bits per heavy atom.